The van der Waals surface area contributed by atoms with Gasteiger partial charge in [-0.05, 0) is 26.7 Å². The number of nitrogens with zero attached hydrogens (tertiary/aromatic N) is 1. The summed E-state index contributed by atoms with van der Waals surface area (Å²) in [6, 6.07) is 0. The third-order valence-electron chi connectivity index (χ3n) is 2.39. The minimum Gasteiger partial charge on any atom is -0.428 e. The van der Waals surface area contributed by atoms with Gasteiger partial charge in [-0.2, -0.15) is 0 Å². The van der Waals surface area contributed by atoms with Gasteiger partial charge in [0, 0.05) is 13.0 Å². The first-order valence-electron chi connectivity index (χ1n) is 5.10. The van der Waals surface area contributed by atoms with E-state index in [0.717, 1.165) is 25.8 Å². The van der Waals surface area contributed by atoms with Gasteiger partial charge in [-0.3, -0.25) is 0 Å². The molecule has 1 aliphatic heterocycles. The molecule has 0 bridgehead atoms. The molecular formula is C10H18NO3. The van der Waals surface area contributed by atoms with E-state index in [1.807, 2.05) is 20.8 Å². The van der Waals surface area contributed by atoms with E-state index in [9.17, 15) is 4.79 Å². The van der Waals surface area contributed by atoms with E-state index >= 15 is 0 Å². The van der Waals surface area contributed by atoms with E-state index in [2.05, 4.69) is 5.32 Å². The smallest absolute Gasteiger partial charge is 0.428 e. The summed E-state index contributed by atoms with van der Waals surface area (Å²) in [5.41, 5.74) is -0.449. The maximum atomic E-state index is 11.3. The Morgan fingerprint density at radius 3 is 2.79 bits per heavy atom. The van der Waals surface area contributed by atoms with Gasteiger partial charge < -0.3 is 9.47 Å². The first kappa shape index (κ1) is 11.3. The Hall–Kier alpha value is -0.770. The van der Waals surface area contributed by atoms with E-state index < -0.39 is 11.8 Å². The van der Waals surface area contributed by atoms with Crippen LogP contribution < -0.4 is 5.32 Å². The highest BCUT2D eigenvalue weighted by Crippen LogP contribution is 2.16. The van der Waals surface area contributed by atoms with Crippen molar-refractivity contribution >= 4 is 6.16 Å². The van der Waals surface area contributed by atoms with E-state index in [1.54, 1.807) is 0 Å². The largest absolute Gasteiger partial charge is 0.510 e. The standard InChI is InChI=1S/C10H18NO3/c1-4-10(2,3)14-9(12)13-8-6-5-7-11-8/h8H,4-7H2,1-3H3. The van der Waals surface area contributed by atoms with Crippen molar-refractivity contribution in [1.29, 1.82) is 0 Å². The normalized spacial score (nSPS) is 22.1. The Morgan fingerprint density at radius 1 is 1.57 bits per heavy atom. The zero-order valence-corrected chi connectivity index (χ0v) is 9.08. The quantitative estimate of drug-likeness (QED) is 0.655. The summed E-state index contributed by atoms with van der Waals surface area (Å²) in [5, 5.41) is 4.11. The first-order chi connectivity index (χ1) is 6.53. The second-order valence-corrected chi connectivity index (χ2v) is 4.09. The predicted molar refractivity (Wildman–Crippen MR) is 52.0 cm³/mol. The molecule has 0 aliphatic carbocycles. The van der Waals surface area contributed by atoms with Crippen molar-refractivity contribution in [1.82, 2.24) is 5.32 Å². The molecule has 0 aromatic heterocycles. The van der Waals surface area contributed by atoms with E-state index in [0.29, 0.717) is 0 Å². The molecule has 1 fully saturated rings. The van der Waals surface area contributed by atoms with Crippen molar-refractivity contribution in [3.63, 3.8) is 0 Å². The summed E-state index contributed by atoms with van der Waals surface area (Å²) in [5.74, 6) is 0. The highest BCUT2D eigenvalue weighted by molar-refractivity contribution is 5.60. The minimum atomic E-state index is -0.604. The van der Waals surface area contributed by atoms with Gasteiger partial charge in [0.25, 0.3) is 0 Å². The van der Waals surface area contributed by atoms with Crippen molar-refractivity contribution in [3.8, 4) is 0 Å². The monoisotopic (exact) mass is 200 g/mol. The number of carbonyl (C=O) groups excluding carboxylic acids is 1. The Balaban J connectivity index is 2.27. The molecular weight excluding hydrogens is 182 g/mol. The van der Waals surface area contributed by atoms with E-state index in [-0.39, 0.29) is 6.23 Å². The third kappa shape index (κ3) is 3.54. The molecule has 1 heterocycles. The molecule has 1 unspecified atom stereocenters. The fourth-order valence-corrected chi connectivity index (χ4v) is 1.12. The molecule has 14 heavy (non-hydrogen) atoms. The van der Waals surface area contributed by atoms with Crippen LogP contribution in [0.25, 0.3) is 0 Å². The number of rotatable bonds is 3. The molecule has 4 nitrogen and oxygen atoms in total. The Bertz CT molecular complexity index is 198. The van der Waals surface area contributed by atoms with Gasteiger partial charge >= 0.3 is 6.16 Å². The van der Waals surface area contributed by atoms with Gasteiger partial charge in [-0.15, -0.1) is 0 Å². The lowest BCUT2D eigenvalue weighted by Crippen LogP contribution is -2.31. The van der Waals surface area contributed by atoms with Gasteiger partial charge in [0.15, 0.2) is 6.23 Å². The second kappa shape index (κ2) is 4.64. The molecule has 0 saturated carbocycles. The van der Waals surface area contributed by atoms with Crippen LogP contribution in [-0.4, -0.2) is 24.5 Å². The SMILES string of the molecule is CCC(C)(C)OC(=O)OC1CCC[N]1. The molecule has 1 aliphatic rings. The Morgan fingerprint density at radius 2 is 2.29 bits per heavy atom. The number of carbonyl (C=O) groups is 1. The summed E-state index contributed by atoms with van der Waals surface area (Å²) in [6.45, 7) is 6.47. The van der Waals surface area contributed by atoms with Gasteiger partial charge in [-0.1, -0.05) is 6.92 Å². The first-order valence-corrected chi connectivity index (χ1v) is 5.10. The third-order valence-corrected chi connectivity index (χ3v) is 2.39. The summed E-state index contributed by atoms with van der Waals surface area (Å²) < 4.78 is 10.1. The molecule has 0 aromatic rings. The summed E-state index contributed by atoms with van der Waals surface area (Å²) in [7, 11) is 0. The van der Waals surface area contributed by atoms with Crippen molar-refractivity contribution in [2.75, 3.05) is 6.54 Å². The molecule has 0 amide bonds. The fraction of sp³-hybridized carbons (Fsp3) is 0.900. The Labute approximate surface area is 85.0 Å². The average molecular weight is 200 g/mol. The molecule has 81 valence electrons. The molecule has 1 atom stereocenters. The second-order valence-electron chi connectivity index (χ2n) is 4.09. The lowest BCUT2D eigenvalue weighted by molar-refractivity contribution is -0.0388. The van der Waals surface area contributed by atoms with Gasteiger partial charge in [0.05, 0.1) is 0 Å². The van der Waals surface area contributed by atoms with Crippen LogP contribution in [0.5, 0.6) is 0 Å². The van der Waals surface area contributed by atoms with Crippen LogP contribution in [0.2, 0.25) is 0 Å². The van der Waals surface area contributed by atoms with Crippen molar-refractivity contribution in [2.24, 2.45) is 0 Å². The van der Waals surface area contributed by atoms with Gasteiger partial charge in [-0.25, -0.2) is 10.1 Å². The van der Waals surface area contributed by atoms with E-state index in [4.69, 9.17) is 9.47 Å². The van der Waals surface area contributed by atoms with E-state index in [1.165, 1.54) is 0 Å². The lowest BCUT2D eigenvalue weighted by Gasteiger charge is -2.23. The van der Waals surface area contributed by atoms with Crippen LogP contribution in [-0.2, 0) is 9.47 Å². The zero-order chi connectivity index (χ0) is 10.6. The van der Waals surface area contributed by atoms with Crippen LogP contribution >= 0.6 is 0 Å². The number of hydrogen-bond donors (Lipinski definition) is 0. The molecule has 1 saturated heterocycles. The highest BCUT2D eigenvalue weighted by Gasteiger charge is 2.25. The maximum absolute atomic E-state index is 11.3. The fourth-order valence-electron chi connectivity index (χ4n) is 1.12. The highest BCUT2D eigenvalue weighted by atomic mass is 16.7. The van der Waals surface area contributed by atoms with Crippen LogP contribution in [0.3, 0.4) is 0 Å². The number of hydrogen-bond acceptors (Lipinski definition) is 3. The molecule has 1 radical (unpaired) electrons. The topological polar surface area (TPSA) is 49.6 Å². The number of ether oxygens (including phenoxy) is 2. The molecule has 4 heteroatoms. The van der Waals surface area contributed by atoms with Crippen LogP contribution in [0.1, 0.15) is 40.0 Å². The zero-order valence-electron chi connectivity index (χ0n) is 9.08. The molecule has 0 N–H and O–H groups in total. The van der Waals surface area contributed by atoms with Gasteiger partial charge in [0.1, 0.15) is 5.60 Å². The molecule has 0 aromatic carbocycles. The summed E-state index contributed by atoms with van der Waals surface area (Å²) in [6.07, 6.45) is 1.70. The predicted octanol–water partition coefficient (Wildman–Crippen LogP) is 2.05. The van der Waals surface area contributed by atoms with Crippen LogP contribution in [0.15, 0.2) is 0 Å². The average Bonchev–Trinajstić information content (AvgIpc) is 2.55. The minimum absolute atomic E-state index is 0.282. The van der Waals surface area contributed by atoms with Crippen molar-refractivity contribution < 1.29 is 14.3 Å². The van der Waals surface area contributed by atoms with Crippen LogP contribution in [0, 0.1) is 0 Å². The lowest BCUT2D eigenvalue weighted by atomic mass is 10.1. The molecule has 0 spiro atoms. The summed E-state index contributed by atoms with van der Waals surface area (Å²) >= 11 is 0. The van der Waals surface area contributed by atoms with Crippen molar-refractivity contribution in [2.45, 2.75) is 51.9 Å². The maximum Gasteiger partial charge on any atom is 0.510 e. The Kier molecular flexibility index (Phi) is 3.75. The van der Waals surface area contributed by atoms with Crippen LogP contribution in [0.4, 0.5) is 4.79 Å². The molecule has 1 rings (SSSR count). The van der Waals surface area contributed by atoms with Gasteiger partial charge in [0.2, 0.25) is 0 Å². The van der Waals surface area contributed by atoms with Crippen molar-refractivity contribution in [3.05, 3.63) is 0 Å². The summed E-state index contributed by atoms with van der Waals surface area (Å²) in [4.78, 5) is 11.3.